The molecule has 0 fully saturated rings. The van der Waals surface area contributed by atoms with Crippen LogP contribution in [-0.4, -0.2) is 9.55 Å². The van der Waals surface area contributed by atoms with Crippen LogP contribution in [-0.2, 0) is 6.18 Å². The van der Waals surface area contributed by atoms with Crippen molar-refractivity contribution in [3.8, 4) is 5.69 Å². The molecule has 4 N–H and O–H groups in total. The maximum atomic E-state index is 12.9. The number of nitrogen functional groups attached to an aromatic ring is 2. The molecular weight excluding hydrogens is 309 g/mol. The predicted molar refractivity (Wildman–Crippen MR) is 81.2 cm³/mol. The van der Waals surface area contributed by atoms with E-state index in [9.17, 15) is 18.0 Å². The van der Waals surface area contributed by atoms with Gasteiger partial charge in [-0.15, -0.1) is 0 Å². The van der Waals surface area contributed by atoms with Gasteiger partial charge in [-0.2, -0.15) is 13.2 Å². The lowest BCUT2D eigenvalue weighted by atomic mass is 10.2. The predicted octanol–water partition coefficient (Wildman–Crippen LogP) is 2.57. The number of fused-ring (bicyclic) bond motifs is 1. The highest BCUT2D eigenvalue weighted by molar-refractivity contribution is 5.88. The van der Waals surface area contributed by atoms with Crippen LogP contribution in [0.2, 0.25) is 0 Å². The Morgan fingerprint density at radius 1 is 1.00 bits per heavy atom. The fraction of sp³-hybridized carbons (Fsp3) is 0.0667. The minimum absolute atomic E-state index is 0.0675. The molecule has 0 atom stereocenters. The van der Waals surface area contributed by atoms with Gasteiger partial charge in [-0.3, -0.25) is 9.36 Å². The van der Waals surface area contributed by atoms with E-state index < -0.39 is 17.4 Å². The molecule has 2 heterocycles. The van der Waals surface area contributed by atoms with Crippen LogP contribution in [0, 0.1) is 0 Å². The van der Waals surface area contributed by atoms with Crippen LogP contribution in [0.4, 0.5) is 24.5 Å². The minimum Gasteiger partial charge on any atom is -0.399 e. The highest BCUT2D eigenvalue weighted by atomic mass is 19.4. The Morgan fingerprint density at radius 3 is 2.26 bits per heavy atom. The average Bonchev–Trinajstić information content (AvgIpc) is 2.47. The average molecular weight is 320 g/mol. The van der Waals surface area contributed by atoms with E-state index in [1.807, 2.05) is 0 Å². The van der Waals surface area contributed by atoms with Crippen LogP contribution in [0.5, 0.6) is 0 Å². The number of hydrogen-bond donors (Lipinski definition) is 2. The van der Waals surface area contributed by atoms with Crippen molar-refractivity contribution in [3.05, 3.63) is 58.5 Å². The molecule has 0 aliphatic carbocycles. The van der Waals surface area contributed by atoms with Crippen LogP contribution < -0.4 is 17.0 Å². The largest absolute Gasteiger partial charge is 0.433 e. The van der Waals surface area contributed by atoms with Gasteiger partial charge in [0.1, 0.15) is 11.3 Å². The molecule has 23 heavy (non-hydrogen) atoms. The molecule has 0 unspecified atom stereocenters. The first-order valence-corrected chi connectivity index (χ1v) is 6.53. The lowest BCUT2D eigenvalue weighted by molar-refractivity contribution is -0.141. The van der Waals surface area contributed by atoms with E-state index in [2.05, 4.69) is 4.98 Å². The Hall–Kier alpha value is -3.03. The normalized spacial score (nSPS) is 11.8. The molecule has 0 aliphatic heterocycles. The topological polar surface area (TPSA) is 86.9 Å². The number of nitrogens with zero attached hydrogens (tertiary/aromatic N) is 2. The van der Waals surface area contributed by atoms with Gasteiger partial charge < -0.3 is 11.5 Å². The van der Waals surface area contributed by atoms with Gasteiger partial charge in [-0.25, -0.2) is 4.98 Å². The van der Waals surface area contributed by atoms with Crippen LogP contribution in [0.3, 0.4) is 0 Å². The molecule has 0 amide bonds. The third kappa shape index (κ3) is 2.59. The molecule has 0 saturated heterocycles. The van der Waals surface area contributed by atoms with E-state index in [-0.39, 0.29) is 16.7 Å². The fourth-order valence-corrected chi connectivity index (χ4v) is 2.25. The van der Waals surface area contributed by atoms with Crippen molar-refractivity contribution in [1.29, 1.82) is 0 Å². The zero-order chi connectivity index (χ0) is 16.8. The maximum Gasteiger partial charge on any atom is 0.433 e. The zero-order valence-electron chi connectivity index (χ0n) is 11.6. The van der Waals surface area contributed by atoms with E-state index >= 15 is 0 Å². The number of anilines is 2. The van der Waals surface area contributed by atoms with Gasteiger partial charge in [0.05, 0.1) is 5.69 Å². The van der Waals surface area contributed by atoms with Crippen molar-refractivity contribution < 1.29 is 13.2 Å². The number of alkyl halides is 3. The summed E-state index contributed by atoms with van der Waals surface area (Å²) in [5, 5.41) is 0.259. The number of rotatable bonds is 1. The summed E-state index contributed by atoms with van der Waals surface area (Å²) < 4.78 is 39.8. The van der Waals surface area contributed by atoms with E-state index in [4.69, 9.17) is 11.5 Å². The van der Waals surface area contributed by atoms with Crippen LogP contribution in [0.1, 0.15) is 5.69 Å². The van der Waals surface area contributed by atoms with Gasteiger partial charge >= 0.3 is 6.18 Å². The van der Waals surface area contributed by atoms with E-state index in [0.29, 0.717) is 11.4 Å². The Kier molecular flexibility index (Phi) is 3.24. The smallest absolute Gasteiger partial charge is 0.399 e. The van der Waals surface area contributed by atoms with Crippen molar-refractivity contribution in [1.82, 2.24) is 9.55 Å². The number of nitrogens with two attached hydrogens (primary N) is 2. The second-order valence-electron chi connectivity index (χ2n) is 4.93. The van der Waals surface area contributed by atoms with E-state index in [1.165, 1.54) is 30.3 Å². The molecule has 8 heteroatoms. The van der Waals surface area contributed by atoms with Crippen LogP contribution in [0.25, 0.3) is 16.7 Å². The van der Waals surface area contributed by atoms with Crippen LogP contribution >= 0.6 is 0 Å². The molecule has 3 rings (SSSR count). The summed E-state index contributed by atoms with van der Waals surface area (Å²) in [5.74, 6) is 0. The van der Waals surface area contributed by atoms with Gasteiger partial charge in [0.15, 0.2) is 0 Å². The Morgan fingerprint density at radius 2 is 1.65 bits per heavy atom. The first-order chi connectivity index (χ1) is 10.8. The summed E-state index contributed by atoms with van der Waals surface area (Å²) in [6.45, 7) is 0. The number of halogens is 3. The quantitative estimate of drug-likeness (QED) is 0.675. The third-order valence-corrected chi connectivity index (χ3v) is 3.34. The Labute approximate surface area is 128 Å². The summed E-state index contributed by atoms with van der Waals surface area (Å²) >= 11 is 0. The molecular formula is C15H11F3N4O. The lowest BCUT2D eigenvalue weighted by Gasteiger charge is -2.13. The second-order valence-corrected chi connectivity index (χ2v) is 4.93. The molecule has 1 aromatic carbocycles. The summed E-state index contributed by atoms with van der Waals surface area (Å²) in [6, 6.07) is 9.30. The minimum atomic E-state index is -4.62. The van der Waals surface area contributed by atoms with Crippen molar-refractivity contribution in [2.75, 3.05) is 11.5 Å². The monoisotopic (exact) mass is 320 g/mol. The molecule has 0 saturated carbocycles. The first-order valence-electron chi connectivity index (χ1n) is 6.53. The molecule has 0 spiro atoms. The fourth-order valence-electron chi connectivity index (χ4n) is 2.25. The first kappa shape index (κ1) is 14.9. The molecule has 5 nitrogen and oxygen atoms in total. The number of benzene rings is 1. The molecule has 0 radical (unpaired) electrons. The molecule has 0 bridgehead atoms. The zero-order valence-corrected chi connectivity index (χ0v) is 11.6. The van der Waals surface area contributed by atoms with Crippen LogP contribution in [0.15, 0.2) is 47.3 Å². The van der Waals surface area contributed by atoms with Gasteiger partial charge in [0.2, 0.25) is 0 Å². The lowest BCUT2D eigenvalue weighted by Crippen LogP contribution is -2.21. The van der Waals surface area contributed by atoms with Gasteiger partial charge in [-0.1, -0.05) is 0 Å². The molecule has 2 aromatic heterocycles. The third-order valence-electron chi connectivity index (χ3n) is 3.34. The molecule has 3 aromatic rings. The highest BCUT2D eigenvalue weighted by Crippen LogP contribution is 2.30. The maximum absolute atomic E-state index is 12.9. The van der Waals surface area contributed by atoms with Crippen molar-refractivity contribution in [3.63, 3.8) is 0 Å². The van der Waals surface area contributed by atoms with Gasteiger partial charge in [0.25, 0.3) is 5.56 Å². The van der Waals surface area contributed by atoms with Gasteiger partial charge in [-0.05, 0) is 36.4 Å². The second kappa shape index (κ2) is 5.01. The number of aromatic nitrogens is 2. The molecule has 118 valence electrons. The van der Waals surface area contributed by atoms with Crippen molar-refractivity contribution >= 4 is 22.4 Å². The Balaban J connectivity index is 2.40. The van der Waals surface area contributed by atoms with Gasteiger partial charge in [0, 0.05) is 22.8 Å². The Bertz CT molecular complexity index is 946. The summed E-state index contributed by atoms with van der Waals surface area (Å²) in [5.41, 5.74) is 10.4. The summed E-state index contributed by atoms with van der Waals surface area (Å²) in [6.07, 6.45) is -4.62. The van der Waals surface area contributed by atoms with E-state index in [0.717, 1.165) is 16.7 Å². The number of pyridine rings is 2. The summed E-state index contributed by atoms with van der Waals surface area (Å²) in [7, 11) is 0. The van der Waals surface area contributed by atoms with Crippen molar-refractivity contribution in [2.45, 2.75) is 6.18 Å². The standard InChI is InChI=1S/C15H11F3N4O/c16-15(17,18)12-6-5-10-11(20)7-13(23)22(14(10)21-12)9-3-1-8(19)2-4-9/h1-7H,19-20H2. The van der Waals surface area contributed by atoms with Crippen molar-refractivity contribution in [2.24, 2.45) is 0 Å². The summed E-state index contributed by atoms with van der Waals surface area (Å²) in [4.78, 5) is 15.8. The van der Waals surface area contributed by atoms with E-state index in [1.54, 1.807) is 0 Å². The number of hydrogen-bond acceptors (Lipinski definition) is 4. The molecule has 0 aliphatic rings. The highest BCUT2D eigenvalue weighted by Gasteiger charge is 2.33. The SMILES string of the molecule is Nc1ccc(-n2c(=O)cc(N)c3ccc(C(F)(F)F)nc32)cc1.